The summed E-state index contributed by atoms with van der Waals surface area (Å²) in [6.45, 7) is 2.04. The number of nitrogens with two attached hydrogens (primary N) is 1. The predicted octanol–water partition coefficient (Wildman–Crippen LogP) is 2.01. The van der Waals surface area contributed by atoms with Crippen LogP contribution in [0.4, 0.5) is 0 Å². The minimum absolute atomic E-state index is 0.0398. The second-order valence-electron chi connectivity index (χ2n) is 3.67. The number of aromatic hydroxyl groups is 1. The van der Waals surface area contributed by atoms with Crippen molar-refractivity contribution in [3.05, 3.63) is 22.7 Å². The van der Waals surface area contributed by atoms with E-state index in [0.717, 1.165) is 0 Å². The molecule has 0 saturated heterocycles. The Morgan fingerprint density at radius 2 is 2.22 bits per heavy atom. The molecule has 0 aliphatic carbocycles. The summed E-state index contributed by atoms with van der Waals surface area (Å²) in [7, 11) is 1.41. The van der Waals surface area contributed by atoms with Crippen molar-refractivity contribution in [2.24, 2.45) is 5.73 Å². The summed E-state index contributed by atoms with van der Waals surface area (Å²) < 4.78 is 9.77. The quantitative estimate of drug-likeness (QED) is 0.802. The molecule has 1 aromatic carbocycles. The van der Waals surface area contributed by atoms with Gasteiger partial charge in [0.15, 0.2) is 11.5 Å². The Hall–Kier alpha value is -1.46. The van der Waals surface area contributed by atoms with Crippen molar-refractivity contribution < 1.29 is 19.4 Å². The van der Waals surface area contributed by atoms with Crippen molar-refractivity contribution in [3.63, 3.8) is 0 Å². The Labute approximate surface area is 110 Å². The number of rotatable bonds is 5. The van der Waals surface area contributed by atoms with Crippen molar-refractivity contribution in [1.82, 2.24) is 0 Å². The summed E-state index contributed by atoms with van der Waals surface area (Å²) in [6.07, 6.45) is 0.0398. The van der Waals surface area contributed by atoms with Gasteiger partial charge in [0, 0.05) is 6.04 Å². The van der Waals surface area contributed by atoms with E-state index in [1.165, 1.54) is 13.2 Å². The average molecular weight is 274 g/mol. The average Bonchev–Trinajstić information content (AvgIpc) is 2.32. The molecule has 3 N–H and O–H groups in total. The molecule has 5 nitrogen and oxygen atoms in total. The number of carbonyl (C=O) groups is 1. The first-order valence-electron chi connectivity index (χ1n) is 5.47. The molecular formula is C12H16ClNO4. The van der Waals surface area contributed by atoms with E-state index in [9.17, 15) is 9.90 Å². The fourth-order valence-corrected chi connectivity index (χ4v) is 1.70. The van der Waals surface area contributed by atoms with Crippen LogP contribution in [0.25, 0.3) is 0 Å². The third-order valence-corrected chi connectivity index (χ3v) is 2.68. The second kappa shape index (κ2) is 6.47. The summed E-state index contributed by atoms with van der Waals surface area (Å²) in [4.78, 5) is 11.3. The van der Waals surface area contributed by atoms with Crippen molar-refractivity contribution in [2.75, 3.05) is 13.7 Å². The van der Waals surface area contributed by atoms with Crippen LogP contribution in [-0.2, 0) is 9.53 Å². The molecule has 0 amide bonds. The standard InChI is InChI=1S/C12H16ClNO4/c1-3-18-11(15)6-9(14)7-4-8(13)12(16)10(5-7)17-2/h4-5,9,16H,3,6,14H2,1-2H3/t9-/m0/s1. The number of esters is 1. The van der Waals surface area contributed by atoms with Gasteiger partial charge in [-0.05, 0) is 24.6 Å². The first-order valence-corrected chi connectivity index (χ1v) is 5.85. The largest absolute Gasteiger partial charge is 0.503 e. The molecule has 0 fully saturated rings. The van der Waals surface area contributed by atoms with Gasteiger partial charge in [-0.15, -0.1) is 0 Å². The number of hydrogen-bond donors (Lipinski definition) is 2. The van der Waals surface area contributed by atoms with Gasteiger partial charge in [-0.25, -0.2) is 0 Å². The highest BCUT2D eigenvalue weighted by molar-refractivity contribution is 6.32. The van der Waals surface area contributed by atoms with E-state index in [4.69, 9.17) is 26.8 Å². The minimum Gasteiger partial charge on any atom is -0.503 e. The van der Waals surface area contributed by atoms with Gasteiger partial charge in [-0.3, -0.25) is 4.79 Å². The number of ether oxygens (including phenoxy) is 2. The Kier molecular flexibility index (Phi) is 5.25. The van der Waals surface area contributed by atoms with Crippen molar-refractivity contribution in [3.8, 4) is 11.5 Å². The molecule has 100 valence electrons. The molecule has 0 bridgehead atoms. The van der Waals surface area contributed by atoms with Gasteiger partial charge in [0.05, 0.1) is 25.2 Å². The van der Waals surface area contributed by atoms with Crippen LogP contribution < -0.4 is 10.5 Å². The van der Waals surface area contributed by atoms with E-state index in [1.54, 1.807) is 13.0 Å². The van der Waals surface area contributed by atoms with Crippen molar-refractivity contribution in [2.45, 2.75) is 19.4 Å². The normalized spacial score (nSPS) is 12.0. The van der Waals surface area contributed by atoms with Gasteiger partial charge in [-0.1, -0.05) is 11.6 Å². The first-order chi connectivity index (χ1) is 8.49. The number of carbonyl (C=O) groups excluding carboxylic acids is 1. The SMILES string of the molecule is CCOC(=O)C[C@H](N)c1cc(Cl)c(O)c(OC)c1. The summed E-state index contributed by atoms with van der Waals surface area (Å²) >= 11 is 5.84. The maximum atomic E-state index is 11.3. The second-order valence-corrected chi connectivity index (χ2v) is 4.08. The molecule has 0 aliphatic rings. The van der Waals surface area contributed by atoms with Crippen LogP contribution in [0.5, 0.6) is 11.5 Å². The number of phenolic OH excluding ortho intramolecular Hbond substituents is 1. The van der Waals surface area contributed by atoms with Crippen molar-refractivity contribution in [1.29, 1.82) is 0 Å². The van der Waals surface area contributed by atoms with Crippen molar-refractivity contribution >= 4 is 17.6 Å². The lowest BCUT2D eigenvalue weighted by Gasteiger charge is -2.14. The van der Waals surface area contributed by atoms with Gasteiger partial charge < -0.3 is 20.3 Å². The molecule has 6 heteroatoms. The fraction of sp³-hybridized carbons (Fsp3) is 0.417. The molecule has 0 heterocycles. The first kappa shape index (κ1) is 14.6. The van der Waals surface area contributed by atoms with Crippen LogP contribution in [0.3, 0.4) is 0 Å². The molecule has 0 unspecified atom stereocenters. The molecule has 0 aromatic heterocycles. The van der Waals surface area contributed by atoms with Gasteiger partial charge in [0.25, 0.3) is 0 Å². The molecule has 0 radical (unpaired) electrons. The van der Waals surface area contributed by atoms with Gasteiger partial charge >= 0.3 is 5.97 Å². The highest BCUT2D eigenvalue weighted by atomic mass is 35.5. The van der Waals surface area contributed by atoms with Crippen LogP contribution in [0, 0.1) is 0 Å². The zero-order valence-corrected chi connectivity index (χ0v) is 11.0. The zero-order valence-electron chi connectivity index (χ0n) is 10.3. The highest BCUT2D eigenvalue weighted by Gasteiger charge is 2.16. The molecule has 1 rings (SSSR count). The van der Waals surface area contributed by atoms with Gasteiger partial charge in [0.2, 0.25) is 0 Å². The third kappa shape index (κ3) is 3.51. The van der Waals surface area contributed by atoms with Gasteiger partial charge in [0.1, 0.15) is 0 Å². The minimum atomic E-state index is -0.559. The number of halogens is 1. The fourth-order valence-electron chi connectivity index (χ4n) is 1.48. The predicted molar refractivity (Wildman–Crippen MR) is 67.8 cm³/mol. The molecule has 0 spiro atoms. The monoisotopic (exact) mass is 273 g/mol. The van der Waals surface area contributed by atoms with Crippen LogP contribution in [-0.4, -0.2) is 24.8 Å². The topological polar surface area (TPSA) is 81.8 Å². The summed E-state index contributed by atoms with van der Waals surface area (Å²) in [6, 6.07) is 2.49. The molecule has 1 atom stereocenters. The third-order valence-electron chi connectivity index (χ3n) is 2.39. The Bertz CT molecular complexity index is 436. The number of methoxy groups -OCH3 is 1. The Morgan fingerprint density at radius 3 is 2.78 bits per heavy atom. The van der Waals surface area contributed by atoms with E-state index in [2.05, 4.69) is 0 Å². The maximum absolute atomic E-state index is 11.3. The van der Waals surface area contributed by atoms with E-state index in [0.29, 0.717) is 12.2 Å². The molecule has 18 heavy (non-hydrogen) atoms. The van der Waals surface area contributed by atoms with Crippen LogP contribution in [0.15, 0.2) is 12.1 Å². The Morgan fingerprint density at radius 1 is 1.56 bits per heavy atom. The molecule has 0 aliphatic heterocycles. The lowest BCUT2D eigenvalue weighted by Crippen LogP contribution is -2.17. The zero-order chi connectivity index (χ0) is 13.7. The highest BCUT2D eigenvalue weighted by Crippen LogP contribution is 2.36. The van der Waals surface area contributed by atoms with Crippen LogP contribution in [0.1, 0.15) is 24.9 Å². The molecular weight excluding hydrogens is 258 g/mol. The van der Waals surface area contributed by atoms with E-state index in [-0.39, 0.29) is 28.9 Å². The lowest BCUT2D eigenvalue weighted by atomic mass is 10.0. The number of benzene rings is 1. The molecule has 1 aromatic rings. The Balaban J connectivity index is 2.89. The van der Waals surface area contributed by atoms with E-state index in [1.807, 2.05) is 0 Å². The van der Waals surface area contributed by atoms with Crippen LogP contribution >= 0.6 is 11.6 Å². The molecule has 0 saturated carbocycles. The van der Waals surface area contributed by atoms with E-state index < -0.39 is 6.04 Å². The summed E-state index contributed by atoms with van der Waals surface area (Å²) in [5.74, 6) is -0.309. The smallest absolute Gasteiger partial charge is 0.307 e. The van der Waals surface area contributed by atoms with Crippen LogP contribution in [0.2, 0.25) is 5.02 Å². The van der Waals surface area contributed by atoms with Gasteiger partial charge in [-0.2, -0.15) is 0 Å². The summed E-state index contributed by atoms with van der Waals surface area (Å²) in [5.41, 5.74) is 6.47. The summed E-state index contributed by atoms with van der Waals surface area (Å²) in [5, 5.41) is 9.71. The van der Waals surface area contributed by atoms with E-state index >= 15 is 0 Å². The number of hydrogen-bond acceptors (Lipinski definition) is 5. The maximum Gasteiger partial charge on any atom is 0.307 e. The lowest BCUT2D eigenvalue weighted by molar-refractivity contribution is -0.143. The number of phenols is 1.